The molecule has 0 bridgehead atoms. The number of non-ortho nitro benzene ring substituents is 1. The number of rotatable bonds is 7. The fourth-order valence-corrected chi connectivity index (χ4v) is 3.21. The van der Waals surface area contributed by atoms with Crippen molar-refractivity contribution in [1.29, 1.82) is 0 Å². The third kappa shape index (κ3) is 4.63. The van der Waals surface area contributed by atoms with Crippen molar-refractivity contribution in [3.05, 3.63) is 39.7 Å². The van der Waals surface area contributed by atoms with Crippen LogP contribution in [0.25, 0.3) is 0 Å². The SMILES string of the molecule is CC[C@@](CCO)(N[S+]([O-])C(C)(C)C)c1cc([N+](=O)[O-])ccc1F. The van der Waals surface area contributed by atoms with Gasteiger partial charge >= 0.3 is 0 Å². The van der Waals surface area contributed by atoms with E-state index >= 15 is 0 Å². The number of hydrogen-bond acceptors (Lipinski definition) is 5. The van der Waals surface area contributed by atoms with E-state index in [1.54, 1.807) is 27.7 Å². The third-order valence-corrected chi connectivity index (χ3v) is 5.35. The van der Waals surface area contributed by atoms with Gasteiger partial charge in [0.1, 0.15) is 10.6 Å². The lowest BCUT2D eigenvalue weighted by molar-refractivity contribution is -0.385. The smallest absolute Gasteiger partial charge is 0.269 e. The molecule has 0 fully saturated rings. The molecule has 0 aliphatic rings. The van der Waals surface area contributed by atoms with Crippen molar-refractivity contribution in [2.24, 2.45) is 0 Å². The van der Waals surface area contributed by atoms with Crippen LogP contribution in [0, 0.1) is 15.9 Å². The third-order valence-electron chi connectivity index (χ3n) is 3.66. The summed E-state index contributed by atoms with van der Waals surface area (Å²) in [6.07, 6.45) is 0.400. The largest absolute Gasteiger partial charge is 0.598 e. The van der Waals surface area contributed by atoms with E-state index in [2.05, 4.69) is 4.72 Å². The van der Waals surface area contributed by atoms with Gasteiger partial charge in [0, 0.05) is 35.7 Å². The predicted molar refractivity (Wildman–Crippen MR) is 87.8 cm³/mol. The van der Waals surface area contributed by atoms with Crippen molar-refractivity contribution >= 4 is 17.0 Å². The summed E-state index contributed by atoms with van der Waals surface area (Å²) in [5, 5.41) is 20.4. The fourth-order valence-electron chi connectivity index (χ4n) is 2.20. The van der Waals surface area contributed by atoms with Crippen molar-refractivity contribution in [2.75, 3.05) is 6.61 Å². The summed E-state index contributed by atoms with van der Waals surface area (Å²) < 4.78 is 29.1. The minimum atomic E-state index is -1.53. The van der Waals surface area contributed by atoms with Crippen LogP contribution in [0.5, 0.6) is 0 Å². The molecule has 6 nitrogen and oxygen atoms in total. The average molecular weight is 346 g/mol. The van der Waals surface area contributed by atoms with Gasteiger partial charge < -0.3 is 9.66 Å². The van der Waals surface area contributed by atoms with Crippen molar-refractivity contribution in [1.82, 2.24) is 4.72 Å². The second-order valence-electron chi connectivity index (χ2n) is 6.31. The average Bonchev–Trinajstić information content (AvgIpc) is 2.45. The fraction of sp³-hybridized carbons (Fsp3) is 0.600. The van der Waals surface area contributed by atoms with Gasteiger partial charge in [-0.2, -0.15) is 0 Å². The van der Waals surface area contributed by atoms with Crippen LogP contribution < -0.4 is 4.72 Å². The highest BCUT2D eigenvalue weighted by molar-refractivity contribution is 7.90. The maximum absolute atomic E-state index is 14.3. The molecule has 0 heterocycles. The normalized spacial score (nSPS) is 16.0. The molecule has 23 heavy (non-hydrogen) atoms. The summed E-state index contributed by atoms with van der Waals surface area (Å²) >= 11 is -1.53. The number of hydrogen-bond donors (Lipinski definition) is 2. The van der Waals surface area contributed by atoms with Crippen LogP contribution in [-0.4, -0.2) is 25.9 Å². The molecular formula is C15H23FN2O4S. The van der Waals surface area contributed by atoms with Gasteiger partial charge in [0.25, 0.3) is 5.69 Å². The maximum atomic E-state index is 14.3. The second kappa shape index (κ2) is 7.57. The molecule has 8 heteroatoms. The standard InChI is InChI=1S/C15H23FN2O4S/c1-5-15(8-9-19,17-23(22)14(2,3)4)12-10-11(18(20)21)6-7-13(12)16/h6-7,10,17,19H,5,8-9H2,1-4H3/t15-,23?/m0/s1. The van der Waals surface area contributed by atoms with Gasteiger partial charge in [0.15, 0.2) is 0 Å². The Morgan fingerprint density at radius 2 is 2.00 bits per heavy atom. The molecule has 1 rings (SSSR count). The molecular weight excluding hydrogens is 323 g/mol. The van der Waals surface area contributed by atoms with Crippen LogP contribution in [0.3, 0.4) is 0 Å². The molecule has 2 atom stereocenters. The van der Waals surface area contributed by atoms with Crippen LogP contribution in [0.1, 0.15) is 46.1 Å². The highest BCUT2D eigenvalue weighted by atomic mass is 32.2. The molecule has 1 unspecified atom stereocenters. The Morgan fingerprint density at radius 1 is 1.39 bits per heavy atom. The van der Waals surface area contributed by atoms with Gasteiger partial charge in [-0.15, -0.1) is 4.72 Å². The van der Waals surface area contributed by atoms with E-state index in [0.717, 1.165) is 18.2 Å². The number of nitrogens with one attached hydrogen (secondary N) is 1. The highest BCUT2D eigenvalue weighted by Crippen LogP contribution is 2.35. The molecule has 0 saturated heterocycles. The molecule has 1 aromatic carbocycles. The first-order chi connectivity index (χ1) is 10.6. The molecule has 1 aromatic rings. The Kier molecular flexibility index (Phi) is 6.52. The molecule has 0 aliphatic heterocycles. The summed E-state index contributed by atoms with van der Waals surface area (Å²) in [5.41, 5.74) is -1.36. The lowest BCUT2D eigenvalue weighted by Gasteiger charge is -2.37. The van der Waals surface area contributed by atoms with Gasteiger partial charge in [-0.05, 0) is 39.7 Å². The van der Waals surface area contributed by atoms with Crippen LogP contribution in [-0.2, 0) is 16.9 Å². The zero-order valence-corrected chi connectivity index (χ0v) is 14.6. The number of benzene rings is 1. The number of aliphatic hydroxyl groups excluding tert-OH is 1. The Morgan fingerprint density at radius 3 is 2.43 bits per heavy atom. The van der Waals surface area contributed by atoms with Gasteiger partial charge in [-0.3, -0.25) is 10.1 Å². The van der Waals surface area contributed by atoms with Gasteiger partial charge in [-0.1, -0.05) is 6.92 Å². The lowest BCUT2D eigenvalue weighted by Crippen LogP contribution is -2.52. The second-order valence-corrected chi connectivity index (χ2v) is 8.28. The topological polar surface area (TPSA) is 98.5 Å². The first-order valence-corrected chi connectivity index (χ1v) is 8.47. The van der Waals surface area contributed by atoms with Gasteiger partial charge in [-0.25, -0.2) is 4.39 Å². The lowest BCUT2D eigenvalue weighted by atomic mass is 9.85. The Hall–Kier alpha value is -1.22. The number of nitro benzene ring substituents is 1. The first-order valence-electron chi connectivity index (χ1n) is 7.32. The molecule has 0 radical (unpaired) electrons. The Bertz CT molecular complexity index is 565. The van der Waals surface area contributed by atoms with Crippen molar-refractivity contribution < 1.29 is 19.0 Å². The Labute approximate surface area is 138 Å². The summed E-state index contributed by atoms with van der Waals surface area (Å²) in [6.45, 7) is 6.77. The number of nitrogens with zero attached hydrogens (tertiary/aromatic N) is 1. The predicted octanol–water partition coefficient (Wildman–Crippen LogP) is 2.77. The van der Waals surface area contributed by atoms with Gasteiger partial charge in [0.2, 0.25) is 0 Å². The van der Waals surface area contributed by atoms with Crippen molar-refractivity contribution in [3.8, 4) is 0 Å². The highest BCUT2D eigenvalue weighted by Gasteiger charge is 2.41. The monoisotopic (exact) mass is 346 g/mol. The summed E-state index contributed by atoms with van der Waals surface area (Å²) in [7, 11) is 0. The molecule has 0 aliphatic carbocycles. The number of nitro groups is 1. The first kappa shape index (κ1) is 19.8. The molecule has 0 amide bonds. The van der Waals surface area contributed by atoms with E-state index in [-0.39, 0.29) is 24.3 Å². The molecule has 2 N–H and O–H groups in total. The minimum absolute atomic E-state index is 0.0425. The van der Waals surface area contributed by atoms with E-state index in [9.17, 15) is 24.2 Å². The zero-order valence-electron chi connectivity index (χ0n) is 13.8. The number of aliphatic hydroxyl groups is 1. The van der Waals surface area contributed by atoms with E-state index in [1.807, 2.05) is 0 Å². The quantitative estimate of drug-likeness (QED) is 0.449. The number of halogens is 1. The van der Waals surface area contributed by atoms with E-state index in [1.165, 1.54) is 0 Å². The summed E-state index contributed by atoms with van der Waals surface area (Å²) in [4.78, 5) is 10.4. The van der Waals surface area contributed by atoms with E-state index in [4.69, 9.17) is 0 Å². The summed E-state index contributed by atoms with van der Waals surface area (Å²) in [5.74, 6) is -0.635. The van der Waals surface area contributed by atoms with Crippen molar-refractivity contribution in [3.63, 3.8) is 0 Å². The van der Waals surface area contributed by atoms with Crippen LogP contribution >= 0.6 is 0 Å². The molecule has 0 aromatic heterocycles. The zero-order chi connectivity index (χ0) is 17.8. The van der Waals surface area contributed by atoms with Crippen LogP contribution in [0.2, 0.25) is 0 Å². The maximum Gasteiger partial charge on any atom is 0.269 e. The van der Waals surface area contributed by atoms with E-state index in [0.29, 0.717) is 6.42 Å². The summed E-state index contributed by atoms with van der Waals surface area (Å²) in [6, 6.07) is 3.25. The molecule has 0 saturated carbocycles. The Balaban J connectivity index is 3.41. The van der Waals surface area contributed by atoms with Crippen LogP contribution in [0.15, 0.2) is 18.2 Å². The van der Waals surface area contributed by atoms with Crippen molar-refractivity contribution in [2.45, 2.75) is 50.8 Å². The van der Waals surface area contributed by atoms with Gasteiger partial charge in [0.05, 0.1) is 10.5 Å². The molecule has 0 spiro atoms. The minimum Gasteiger partial charge on any atom is -0.598 e. The molecule has 130 valence electrons. The van der Waals surface area contributed by atoms with Crippen LogP contribution in [0.4, 0.5) is 10.1 Å². The van der Waals surface area contributed by atoms with E-state index < -0.39 is 32.4 Å².